The molecule has 1 amide bonds. The summed E-state index contributed by atoms with van der Waals surface area (Å²) in [4.78, 5) is 28.0. The number of likely N-dealkylation sites (tertiary alicyclic amines) is 1. The Hall–Kier alpha value is -2.64. The third-order valence-electron chi connectivity index (χ3n) is 4.63. The predicted molar refractivity (Wildman–Crippen MR) is 110 cm³/mol. The van der Waals surface area contributed by atoms with Crippen LogP contribution in [0.25, 0.3) is 5.76 Å². The molecule has 0 aliphatic carbocycles. The van der Waals surface area contributed by atoms with Crippen molar-refractivity contribution in [2.24, 2.45) is 0 Å². The van der Waals surface area contributed by atoms with Gasteiger partial charge in [-0.25, -0.2) is 0 Å². The Balaban J connectivity index is 1.85. The Labute approximate surface area is 174 Å². The lowest BCUT2D eigenvalue weighted by Crippen LogP contribution is -2.28. The van der Waals surface area contributed by atoms with Gasteiger partial charge in [-0.1, -0.05) is 35.9 Å². The van der Waals surface area contributed by atoms with Crippen molar-refractivity contribution in [1.29, 1.82) is 0 Å². The van der Waals surface area contributed by atoms with Crippen LogP contribution in [0.4, 0.5) is 0 Å². The topological polar surface area (TPSA) is 70.8 Å². The quantitative estimate of drug-likeness (QED) is 0.338. The molecule has 0 spiro atoms. The van der Waals surface area contributed by atoms with Crippen LogP contribution in [-0.4, -0.2) is 21.7 Å². The molecule has 28 heavy (non-hydrogen) atoms. The van der Waals surface area contributed by atoms with Gasteiger partial charge in [0.2, 0.25) is 0 Å². The molecule has 0 bridgehead atoms. The Morgan fingerprint density at radius 2 is 1.93 bits per heavy atom. The van der Waals surface area contributed by atoms with E-state index in [0.29, 0.717) is 16.0 Å². The summed E-state index contributed by atoms with van der Waals surface area (Å²) >= 11 is 4.77. The number of amides is 1. The molecule has 4 rings (SSSR count). The fourth-order valence-corrected chi connectivity index (χ4v) is 4.27. The summed E-state index contributed by atoms with van der Waals surface area (Å²) in [5, 5.41) is 12.8. The number of nitrogens with zero attached hydrogens (tertiary/aromatic N) is 1. The number of carbonyl (C=O) groups is 2. The summed E-state index contributed by atoms with van der Waals surface area (Å²) in [5.74, 6) is -1.16. The number of thiophene rings is 1. The van der Waals surface area contributed by atoms with Crippen molar-refractivity contribution in [3.8, 4) is 0 Å². The fraction of sp³-hybridized carbons (Fsp3) is 0.143. The van der Waals surface area contributed by atoms with Crippen molar-refractivity contribution in [3.63, 3.8) is 0 Å². The van der Waals surface area contributed by atoms with Crippen molar-refractivity contribution in [2.45, 2.75) is 19.5 Å². The van der Waals surface area contributed by atoms with E-state index in [4.69, 9.17) is 4.42 Å². The maximum absolute atomic E-state index is 12.9. The Morgan fingerprint density at radius 3 is 2.54 bits per heavy atom. The average molecular weight is 458 g/mol. The van der Waals surface area contributed by atoms with E-state index >= 15 is 0 Å². The Bertz CT molecular complexity index is 1070. The van der Waals surface area contributed by atoms with E-state index in [1.807, 2.05) is 36.6 Å². The van der Waals surface area contributed by atoms with E-state index in [2.05, 4.69) is 15.9 Å². The summed E-state index contributed by atoms with van der Waals surface area (Å²) in [6, 6.07) is 13.5. The molecule has 1 aliphatic heterocycles. The molecule has 1 atom stereocenters. The van der Waals surface area contributed by atoms with E-state index in [1.165, 1.54) is 16.2 Å². The second kappa shape index (κ2) is 7.41. The van der Waals surface area contributed by atoms with Crippen LogP contribution in [0.15, 0.2) is 68.6 Å². The maximum Gasteiger partial charge on any atom is 0.296 e. The predicted octanol–water partition coefficient (Wildman–Crippen LogP) is 5.03. The van der Waals surface area contributed by atoms with Gasteiger partial charge in [0.05, 0.1) is 12.1 Å². The molecule has 1 unspecified atom stereocenters. The molecule has 0 saturated carbocycles. The van der Waals surface area contributed by atoms with E-state index in [-0.39, 0.29) is 17.9 Å². The third-order valence-corrected chi connectivity index (χ3v) is 5.92. The van der Waals surface area contributed by atoms with Crippen LogP contribution in [0.5, 0.6) is 0 Å². The van der Waals surface area contributed by atoms with Gasteiger partial charge in [-0.2, -0.15) is 0 Å². The van der Waals surface area contributed by atoms with Crippen LogP contribution in [0.1, 0.15) is 27.8 Å². The molecule has 1 saturated heterocycles. The average Bonchev–Trinajstić information content (AvgIpc) is 3.39. The number of aryl methyl sites for hydroxylation is 1. The van der Waals surface area contributed by atoms with Gasteiger partial charge in [0.1, 0.15) is 17.6 Å². The number of furan rings is 1. The Kier molecular flexibility index (Phi) is 4.95. The minimum absolute atomic E-state index is 0.0345. The second-order valence-corrected chi connectivity index (χ2v) is 8.33. The number of halogens is 1. The Morgan fingerprint density at radius 1 is 1.18 bits per heavy atom. The zero-order valence-electron chi connectivity index (χ0n) is 14.9. The van der Waals surface area contributed by atoms with Crippen molar-refractivity contribution >= 4 is 44.7 Å². The summed E-state index contributed by atoms with van der Waals surface area (Å²) in [5.41, 5.74) is 1.55. The smallest absolute Gasteiger partial charge is 0.296 e. The highest BCUT2D eigenvalue weighted by atomic mass is 79.9. The van der Waals surface area contributed by atoms with Crippen LogP contribution in [0.2, 0.25) is 0 Å². The summed E-state index contributed by atoms with van der Waals surface area (Å²) in [7, 11) is 0. The third kappa shape index (κ3) is 3.31. The summed E-state index contributed by atoms with van der Waals surface area (Å²) in [6.45, 7) is 2.19. The van der Waals surface area contributed by atoms with E-state index < -0.39 is 17.7 Å². The van der Waals surface area contributed by atoms with Gasteiger partial charge >= 0.3 is 0 Å². The van der Waals surface area contributed by atoms with Crippen molar-refractivity contribution < 1.29 is 19.1 Å². The first kappa shape index (κ1) is 18.7. The van der Waals surface area contributed by atoms with Gasteiger partial charge in [0, 0.05) is 10.4 Å². The minimum Gasteiger partial charge on any atom is -0.507 e. The number of ketones is 1. The van der Waals surface area contributed by atoms with Crippen LogP contribution < -0.4 is 0 Å². The van der Waals surface area contributed by atoms with Crippen LogP contribution in [0, 0.1) is 6.92 Å². The minimum atomic E-state index is -0.797. The number of Topliss-reactive ketones (excluding diaryl/α,β-unsaturated/α-hetero) is 1. The first-order valence-corrected chi connectivity index (χ1v) is 10.3. The van der Waals surface area contributed by atoms with E-state index in [1.54, 1.807) is 24.3 Å². The zero-order valence-corrected chi connectivity index (χ0v) is 17.3. The number of hydrogen-bond acceptors (Lipinski definition) is 5. The first-order chi connectivity index (χ1) is 13.5. The molecule has 1 aromatic carbocycles. The highest BCUT2D eigenvalue weighted by Gasteiger charge is 2.47. The van der Waals surface area contributed by atoms with Crippen molar-refractivity contribution in [3.05, 3.63) is 85.9 Å². The lowest BCUT2D eigenvalue weighted by atomic mass is 9.99. The summed E-state index contributed by atoms with van der Waals surface area (Å²) < 4.78 is 6.16. The van der Waals surface area contributed by atoms with Gasteiger partial charge < -0.3 is 14.4 Å². The molecule has 1 aliphatic rings. The van der Waals surface area contributed by atoms with E-state index in [0.717, 1.165) is 10.4 Å². The monoisotopic (exact) mass is 457 g/mol. The molecule has 3 aromatic rings. The van der Waals surface area contributed by atoms with Crippen LogP contribution in [0.3, 0.4) is 0 Å². The molecule has 5 nitrogen and oxygen atoms in total. The second-order valence-electron chi connectivity index (χ2n) is 6.51. The SMILES string of the molecule is Cc1ccc(/C(O)=C2\C(=O)C(=O)N(Cc3cccs3)C2c2ccc(Br)o2)cc1. The molecule has 0 radical (unpaired) electrons. The maximum atomic E-state index is 12.9. The van der Waals surface area contributed by atoms with Crippen molar-refractivity contribution in [2.75, 3.05) is 0 Å². The zero-order chi connectivity index (χ0) is 19.8. The van der Waals surface area contributed by atoms with Gasteiger partial charge in [0.25, 0.3) is 11.7 Å². The van der Waals surface area contributed by atoms with Gasteiger partial charge in [-0.15, -0.1) is 11.3 Å². The summed E-state index contributed by atoms with van der Waals surface area (Å²) in [6.07, 6.45) is 0. The fourth-order valence-electron chi connectivity index (χ4n) is 3.25. The number of aliphatic hydroxyl groups is 1. The van der Waals surface area contributed by atoms with Crippen LogP contribution >= 0.6 is 27.3 Å². The van der Waals surface area contributed by atoms with Gasteiger partial charge in [0.15, 0.2) is 4.67 Å². The van der Waals surface area contributed by atoms with Crippen molar-refractivity contribution in [1.82, 2.24) is 4.90 Å². The highest BCUT2D eigenvalue weighted by molar-refractivity contribution is 9.10. The first-order valence-electron chi connectivity index (χ1n) is 8.59. The standard InChI is InChI=1S/C21H16BrNO4S/c1-12-4-6-13(7-5-12)19(24)17-18(15-8-9-16(22)27-15)23(21(26)20(17)25)11-14-3-2-10-28-14/h2-10,18,24H,11H2,1H3/b19-17+. The van der Waals surface area contributed by atoms with Gasteiger partial charge in [-0.3, -0.25) is 9.59 Å². The number of carbonyl (C=O) groups excluding carboxylic acids is 2. The molecule has 142 valence electrons. The molecular weight excluding hydrogens is 442 g/mol. The largest absolute Gasteiger partial charge is 0.507 e. The molecule has 1 N–H and O–H groups in total. The number of rotatable bonds is 4. The van der Waals surface area contributed by atoms with Crippen LogP contribution in [-0.2, 0) is 16.1 Å². The number of aliphatic hydroxyl groups excluding tert-OH is 1. The molecule has 1 fully saturated rings. The lowest BCUT2D eigenvalue weighted by Gasteiger charge is -2.22. The lowest BCUT2D eigenvalue weighted by molar-refractivity contribution is -0.140. The molecular formula is C21H16BrNO4S. The molecule has 3 heterocycles. The van der Waals surface area contributed by atoms with E-state index in [9.17, 15) is 14.7 Å². The van der Waals surface area contributed by atoms with Gasteiger partial charge in [-0.05, 0) is 46.4 Å². The number of benzene rings is 1. The molecule has 2 aromatic heterocycles. The normalized spacial score (nSPS) is 18.8. The highest BCUT2D eigenvalue weighted by Crippen LogP contribution is 2.41. The molecule has 7 heteroatoms. The number of hydrogen-bond donors (Lipinski definition) is 1.